The van der Waals surface area contributed by atoms with Gasteiger partial charge in [-0.15, -0.1) is 0 Å². The fourth-order valence-electron chi connectivity index (χ4n) is 3.36. The first-order chi connectivity index (χ1) is 17.8. The molecular formula is C25H30ClN5O6S. The van der Waals surface area contributed by atoms with E-state index in [0.29, 0.717) is 22.7 Å². The predicted molar refractivity (Wildman–Crippen MR) is 144 cm³/mol. The van der Waals surface area contributed by atoms with E-state index in [1.165, 1.54) is 10.7 Å². The number of halogens is 1. The van der Waals surface area contributed by atoms with Gasteiger partial charge in [0, 0.05) is 35.3 Å². The van der Waals surface area contributed by atoms with Crippen LogP contribution >= 0.6 is 11.6 Å². The minimum atomic E-state index is -4.20. The van der Waals surface area contributed by atoms with E-state index in [1.807, 2.05) is 27.7 Å². The normalized spacial score (nSPS) is 12.4. The summed E-state index contributed by atoms with van der Waals surface area (Å²) in [5, 5.41) is 19.1. The lowest BCUT2D eigenvalue weighted by Gasteiger charge is -2.15. The second-order valence-electron chi connectivity index (χ2n) is 9.19. The summed E-state index contributed by atoms with van der Waals surface area (Å²) >= 11 is 6.18. The summed E-state index contributed by atoms with van der Waals surface area (Å²) < 4.78 is 36.2. The average molecular weight is 564 g/mol. The summed E-state index contributed by atoms with van der Waals surface area (Å²) in [7, 11) is -4.20. The first kappa shape index (κ1) is 29.1. The van der Waals surface area contributed by atoms with Crippen molar-refractivity contribution >= 4 is 33.2 Å². The van der Waals surface area contributed by atoms with Gasteiger partial charge in [-0.3, -0.25) is 14.9 Å². The van der Waals surface area contributed by atoms with Crippen LogP contribution in [0.2, 0.25) is 5.02 Å². The zero-order valence-corrected chi connectivity index (χ0v) is 23.3. The van der Waals surface area contributed by atoms with Crippen LogP contribution in [0, 0.1) is 23.0 Å². The topological polar surface area (TPSA) is 145 Å². The predicted octanol–water partition coefficient (Wildman–Crippen LogP) is 5.00. The molecule has 0 aliphatic heterocycles. The van der Waals surface area contributed by atoms with Crippen molar-refractivity contribution in [1.82, 2.24) is 19.8 Å². The fraction of sp³-hybridized carbons (Fsp3) is 0.360. The summed E-state index contributed by atoms with van der Waals surface area (Å²) in [6, 6.07) is 9.83. The minimum Gasteiger partial charge on any atom is -0.437 e. The Bertz CT molecular complexity index is 1450. The third-order valence-corrected chi connectivity index (χ3v) is 7.32. The Labute approximate surface area is 226 Å². The Kier molecular flexibility index (Phi) is 9.13. The van der Waals surface area contributed by atoms with E-state index in [-0.39, 0.29) is 35.8 Å². The van der Waals surface area contributed by atoms with E-state index in [0.717, 1.165) is 12.1 Å². The number of carbonyl (C=O) groups is 1. The Morgan fingerprint density at radius 1 is 1.21 bits per heavy atom. The number of nitro benzene ring substituents is 1. The molecule has 1 heterocycles. The van der Waals surface area contributed by atoms with Crippen molar-refractivity contribution in [3.63, 3.8) is 0 Å². The lowest BCUT2D eigenvalue weighted by atomic mass is 10.2. The number of aromatic nitrogens is 2. The molecule has 13 heteroatoms. The first-order valence-electron chi connectivity index (χ1n) is 12.0. The van der Waals surface area contributed by atoms with Crippen molar-refractivity contribution in [3.8, 4) is 17.3 Å². The van der Waals surface area contributed by atoms with Gasteiger partial charge in [0.05, 0.1) is 10.6 Å². The summed E-state index contributed by atoms with van der Waals surface area (Å²) in [5.74, 6) is -0.564. The lowest BCUT2D eigenvalue weighted by Crippen LogP contribution is -2.32. The van der Waals surface area contributed by atoms with Gasteiger partial charge < -0.3 is 10.1 Å². The zero-order valence-electron chi connectivity index (χ0n) is 21.7. The third kappa shape index (κ3) is 6.69. The zero-order chi connectivity index (χ0) is 28.2. The molecule has 0 radical (unpaired) electrons. The summed E-state index contributed by atoms with van der Waals surface area (Å²) in [5.41, 5.74) is 0.450. The lowest BCUT2D eigenvalue weighted by molar-refractivity contribution is -0.385. The van der Waals surface area contributed by atoms with E-state index in [4.69, 9.17) is 16.3 Å². The first-order valence-corrected chi connectivity index (χ1v) is 13.8. The highest BCUT2D eigenvalue weighted by atomic mass is 35.5. The maximum Gasteiger partial charge on any atom is 0.272 e. The fourth-order valence-corrected chi connectivity index (χ4v) is 4.90. The van der Waals surface area contributed by atoms with Crippen LogP contribution in [0.3, 0.4) is 0 Å². The number of carbonyl (C=O) groups excluding carboxylic acids is 1. The molecule has 0 bridgehead atoms. The molecule has 1 atom stereocenters. The van der Waals surface area contributed by atoms with Crippen molar-refractivity contribution in [1.29, 1.82) is 0 Å². The quantitative estimate of drug-likeness (QED) is 0.246. The third-order valence-electron chi connectivity index (χ3n) is 5.64. The number of benzene rings is 2. The Morgan fingerprint density at radius 3 is 2.53 bits per heavy atom. The van der Waals surface area contributed by atoms with E-state index in [1.54, 1.807) is 31.2 Å². The molecule has 38 heavy (non-hydrogen) atoms. The van der Waals surface area contributed by atoms with E-state index < -0.39 is 31.4 Å². The van der Waals surface area contributed by atoms with E-state index in [9.17, 15) is 23.3 Å². The van der Waals surface area contributed by atoms with Crippen molar-refractivity contribution < 1.29 is 22.9 Å². The van der Waals surface area contributed by atoms with Crippen LogP contribution in [0.1, 0.15) is 50.2 Å². The molecule has 0 fully saturated rings. The van der Waals surface area contributed by atoms with Gasteiger partial charge >= 0.3 is 0 Å². The summed E-state index contributed by atoms with van der Waals surface area (Å²) in [4.78, 5) is 23.3. The van der Waals surface area contributed by atoms with E-state index in [2.05, 4.69) is 15.1 Å². The van der Waals surface area contributed by atoms with Crippen molar-refractivity contribution in [3.05, 3.63) is 68.9 Å². The molecule has 1 unspecified atom stereocenters. The van der Waals surface area contributed by atoms with Crippen LogP contribution in [0.5, 0.6) is 11.6 Å². The number of nitrogens with zero attached hydrogens (tertiary/aromatic N) is 3. The molecule has 3 aromatic rings. The molecule has 0 saturated heterocycles. The Hall–Kier alpha value is -3.48. The molecule has 2 N–H and O–H groups in total. The maximum absolute atomic E-state index is 13.2. The Balaban J connectivity index is 2.19. The largest absolute Gasteiger partial charge is 0.437 e. The standard InChI is InChI=1S/C25H30ClN5O6S/c1-6-16(4)28-24(32)23-17(5)25(30(29-23)19-9-7-8-18(26)12-19)37-21-11-10-20(31(33)34)13-22(21)38(35,36)27-14-15(2)3/h7-13,15-16,27H,6,14H2,1-5H3,(H,28,32). The van der Waals surface area contributed by atoms with Gasteiger partial charge in [0.1, 0.15) is 10.6 Å². The van der Waals surface area contributed by atoms with Gasteiger partial charge in [-0.1, -0.05) is 38.4 Å². The molecule has 0 saturated carbocycles. The van der Waals surface area contributed by atoms with Crippen molar-refractivity contribution in [2.45, 2.75) is 52.0 Å². The number of sulfonamides is 1. The monoisotopic (exact) mass is 563 g/mol. The second kappa shape index (κ2) is 11.9. The minimum absolute atomic E-state index is 0.00840. The van der Waals surface area contributed by atoms with Gasteiger partial charge in [0.15, 0.2) is 5.69 Å². The number of non-ortho nitro benzene ring substituents is 1. The van der Waals surface area contributed by atoms with Gasteiger partial charge in [-0.25, -0.2) is 13.1 Å². The molecule has 0 spiro atoms. The molecule has 0 aliphatic rings. The highest BCUT2D eigenvalue weighted by Crippen LogP contribution is 2.36. The van der Waals surface area contributed by atoms with Gasteiger partial charge in [-0.05, 0) is 50.5 Å². The van der Waals surface area contributed by atoms with Crippen LogP contribution in [-0.4, -0.2) is 41.6 Å². The molecule has 204 valence electrons. The van der Waals surface area contributed by atoms with Crippen LogP contribution in [0.4, 0.5) is 5.69 Å². The molecule has 0 aliphatic carbocycles. The van der Waals surface area contributed by atoms with Crippen molar-refractivity contribution in [2.75, 3.05) is 6.54 Å². The number of nitro groups is 1. The molecule has 3 rings (SSSR count). The smallest absolute Gasteiger partial charge is 0.272 e. The summed E-state index contributed by atoms with van der Waals surface area (Å²) in [6.07, 6.45) is 0.705. The van der Waals surface area contributed by atoms with Crippen LogP contribution in [-0.2, 0) is 10.0 Å². The molecule has 11 nitrogen and oxygen atoms in total. The van der Waals surface area contributed by atoms with Crippen LogP contribution < -0.4 is 14.8 Å². The average Bonchev–Trinajstić information content (AvgIpc) is 3.18. The number of amides is 1. The number of hydrogen-bond donors (Lipinski definition) is 2. The highest BCUT2D eigenvalue weighted by molar-refractivity contribution is 7.89. The van der Waals surface area contributed by atoms with E-state index >= 15 is 0 Å². The maximum atomic E-state index is 13.2. The van der Waals surface area contributed by atoms with Gasteiger partial charge in [0.25, 0.3) is 11.6 Å². The van der Waals surface area contributed by atoms with Crippen molar-refractivity contribution in [2.24, 2.45) is 5.92 Å². The molecular weight excluding hydrogens is 534 g/mol. The molecule has 1 amide bonds. The van der Waals surface area contributed by atoms with Crippen LogP contribution in [0.25, 0.3) is 5.69 Å². The Morgan fingerprint density at radius 2 is 1.92 bits per heavy atom. The molecule has 1 aromatic heterocycles. The number of nitrogens with one attached hydrogen (secondary N) is 2. The highest BCUT2D eigenvalue weighted by Gasteiger charge is 2.28. The second-order valence-corrected chi connectivity index (χ2v) is 11.4. The number of rotatable bonds is 11. The molecule has 2 aromatic carbocycles. The van der Waals surface area contributed by atoms with Gasteiger partial charge in [-0.2, -0.15) is 9.78 Å². The number of hydrogen-bond acceptors (Lipinski definition) is 7. The van der Waals surface area contributed by atoms with Crippen LogP contribution in [0.15, 0.2) is 47.4 Å². The SMILES string of the molecule is CCC(C)NC(=O)c1nn(-c2cccc(Cl)c2)c(Oc2ccc([N+](=O)[O-])cc2S(=O)(=O)NCC(C)C)c1C. The number of ether oxygens (including phenoxy) is 1. The van der Waals surface area contributed by atoms with Gasteiger partial charge in [0.2, 0.25) is 15.9 Å². The summed E-state index contributed by atoms with van der Waals surface area (Å²) in [6.45, 7) is 9.17.